The highest BCUT2D eigenvalue weighted by atomic mass is 19.4. The Bertz CT molecular complexity index is 4310. The van der Waals surface area contributed by atoms with Gasteiger partial charge in [0.2, 0.25) is 17.7 Å². The second-order valence-corrected chi connectivity index (χ2v) is 24.9. The summed E-state index contributed by atoms with van der Waals surface area (Å²) in [6, 6.07) is 25.4. The van der Waals surface area contributed by atoms with E-state index in [1.807, 2.05) is 39.0 Å². The molecule has 13 rings (SSSR count). The molecule has 6 aromatic carbocycles. The lowest BCUT2D eigenvalue weighted by Crippen LogP contribution is -2.45. The van der Waals surface area contributed by atoms with E-state index in [4.69, 9.17) is 14.2 Å². The molecule has 6 N–H and O–H groups in total. The molecular weight excluding hydrogens is 1310 g/mol. The van der Waals surface area contributed by atoms with Crippen molar-refractivity contribution in [2.45, 2.75) is 128 Å². The van der Waals surface area contributed by atoms with Crippen LogP contribution in [0.4, 0.5) is 88.0 Å². The number of anilines is 6. The number of amides is 9. The second kappa shape index (κ2) is 27.8. The van der Waals surface area contributed by atoms with E-state index in [1.165, 1.54) is 46.2 Å². The average molecular weight is 1380 g/mol. The summed E-state index contributed by atoms with van der Waals surface area (Å²) in [4.78, 5) is 78.9. The van der Waals surface area contributed by atoms with Gasteiger partial charge in [-0.15, -0.1) is 0 Å². The Morgan fingerprint density at radius 2 is 0.899 bits per heavy atom. The molecule has 99 heavy (non-hydrogen) atoms. The van der Waals surface area contributed by atoms with E-state index in [1.54, 1.807) is 55.4 Å². The standard InChI is InChI=1S/C25H26F3N3O3.C24H22F3N3O3.C23H22F3N3O3/c1-4-24(5-2)13-16(19-9-7-17(25(26,27)28)11-21(19)34-24)10-22(32)30-18-8-6-15-14-29-23(33)31(3)20(15)12-18;1-30-19-11-17(5-3-14(19)13-28-22(30)32)29-21(31)9-15-12-23(7-2-8-23)33-20-10-16(24(25,26)27)4-6-18(15)20;1-2-29-19-12-17(7-5-15(19)13-27-22(29)31)28-21(30)10-14-4-3-9-32-20-11-16(23(24,25)26)6-8-18(14)20/h6-12H,4-5,13-14H2,1-3H3,(H,29,33)(H,30,32);3-6,9-11H,2,7-8,12-13H2,1H3,(H,28,32)(H,29,31);5-8,10-12H,2-4,9,13H2,1H3,(H,27,31)(H,28,30)/b16-10+;15-9+;14-10+. The summed E-state index contributed by atoms with van der Waals surface area (Å²) in [5.41, 5.74) is 6.21. The van der Waals surface area contributed by atoms with E-state index in [0.29, 0.717) is 127 Å². The molecule has 0 aromatic heterocycles. The Balaban J connectivity index is 0.000000150. The molecule has 0 saturated heterocycles. The van der Waals surface area contributed by atoms with Crippen molar-refractivity contribution in [1.82, 2.24) is 16.0 Å². The number of urea groups is 3. The maximum absolute atomic E-state index is 13.3. The van der Waals surface area contributed by atoms with E-state index in [9.17, 15) is 68.3 Å². The van der Waals surface area contributed by atoms with Gasteiger partial charge in [-0.2, -0.15) is 39.5 Å². The van der Waals surface area contributed by atoms with Crippen molar-refractivity contribution < 1.29 is 82.5 Å². The van der Waals surface area contributed by atoms with Crippen LogP contribution in [0.15, 0.2) is 127 Å². The van der Waals surface area contributed by atoms with Crippen LogP contribution in [0.5, 0.6) is 17.2 Å². The van der Waals surface area contributed by atoms with Gasteiger partial charge in [-0.3, -0.25) is 29.1 Å². The largest absolute Gasteiger partial charge is 0.493 e. The lowest BCUT2D eigenvalue weighted by atomic mass is 9.72. The number of ether oxygens (including phenoxy) is 3. The topological polar surface area (TPSA) is 212 Å². The molecule has 7 aliphatic rings. The first-order valence-corrected chi connectivity index (χ1v) is 32.1. The summed E-state index contributed by atoms with van der Waals surface area (Å²) in [6.07, 6.45) is -3.67. The fourth-order valence-corrected chi connectivity index (χ4v) is 12.8. The van der Waals surface area contributed by atoms with Crippen molar-refractivity contribution in [3.63, 3.8) is 0 Å². The predicted molar refractivity (Wildman–Crippen MR) is 355 cm³/mol. The SMILES string of the molecule is CCC1(CC)C/C(=C\C(=O)Nc2ccc3c(c2)N(C)C(=O)NC3)c2ccc(C(F)(F)F)cc2O1.CCN1C(=O)NCc2ccc(NC(=O)/C=C3\CCCOc4cc(C(F)(F)F)ccc43)cc21.CN1C(=O)NCc2ccc(NC(=O)/C=C3\CC4(CCC4)Oc4cc(C(F)(F)F)ccc43)cc21. The lowest BCUT2D eigenvalue weighted by molar-refractivity contribution is -0.138. The van der Waals surface area contributed by atoms with Crippen LogP contribution in [0.3, 0.4) is 0 Å². The fourth-order valence-electron chi connectivity index (χ4n) is 12.8. The number of alkyl halides is 9. The summed E-state index contributed by atoms with van der Waals surface area (Å²) >= 11 is 0. The Hall–Kier alpha value is -10.5. The van der Waals surface area contributed by atoms with Crippen LogP contribution in [-0.4, -0.2) is 74.3 Å². The number of hydrogen-bond donors (Lipinski definition) is 6. The molecule has 1 saturated carbocycles. The van der Waals surface area contributed by atoms with Gasteiger partial charge in [0, 0.05) is 105 Å². The van der Waals surface area contributed by atoms with Crippen LogP contribution in [0.2, 0.25) is 0 Å². The highest BCUT2D eigenvalue weighted by molar-refractivity contribution is 6.08. The maximum atomic E-state index is 13.3. The third-order valence-electron chi connectivity index (χ3n) is 18.5. The molecule has 6 aromatic rings. The second-order valence-electron chi connectivity index (χ2n) is 24.9. The first-order valence-electron chi connectivity index (χ1n) is 32.1. The van der Waals surface area contributed by atoms with Gasteiger partial charge in [0.05, 0.1) is 40.4 Å². The van der Waals surface area contributed by atoms with Gasteiger partial charge in [-0.1, -0.05) is 50.2 Å². The minimum atomic E-state index is -4.49. The summed E-state index contributed by atoms with van der Waals surface area (Å²) in [5.74, 6) is -0.797. The number of hydrogen-bond acceptors (Lipinski definition) is 9. The van der Waals surface area contributed by atoms with Crippen LogP contribution >= 0.6 is 0 Å². The molecule has 0 unspecified atom stereocenters. The van der Waals surface area contributed by atoms with Gasteiger partial charge >= 0.3 is 36.6 Å². The molecule has 18 nitrogen and oxygen atoms in total. The number of fused-ring (bicyclic) bond motifs is 6. The number of nitrogens with zero attached hydrogens (tertiary/aromatic N) is 3. The van der Waals surface area contributed by atoms with Gasteiger partial charge < -0.3 is 46.1 Å². The molecular formula is C72H70F9N9O9. The highest BCUT2D eigenvalue weighted by Crippen LogP contribution is 2.51. The van der Waals surface area contributed by atoms with Crippen molar-refractivity contribution in [2.75, 3.05) is 57.9 Å². The number of halogens is 9. The summed E-state index contributed by atoms with van der Waals surface area (Å²) in [7, 11) is 3.29. The fraction of sp³-hybridized carbons (Fsp3) is 0.333. The summed E-state index contributed by atoms with van der Waals surface area (Å²) in [5, 5.41) is 16.7. The first-order chi connectivity index (χ1) is 46.9. The minimum absolute atomic E-state index is 0.120. The van der Waals surface area contributed by atoms with Crippen molar-refractivity contribution in [3.05, 3.63) is 177 Å². The number of allylic oxidation sites excluding steroid dienone is 1. The van der Waals surface area contributed by atoms with Crippen molar-refractivity contribution in [1.29, 1.82) is 0 Å². The van der Waals surface area contributed by atoms with Gasteiger partial charge in [-0.05, 0) is 158 Å². The predicted octanol–water partition coefficient (Wildman–Crippen LogP) is 15.8. The minimum Gasteiger partial charge on any atom is -0.493 e. The summed E-state index contributed by atoms with van der Waals surface area (Å²) < 4.78 is 136. The van der Waals surface area contributed by atoms with Crippen molar-refractivity contribution in [2.24, 2.45) is 0 Å². The average Bonchev–Trinajstić information content (AvgIpc) is 0.861. The number of rotatable bonds is 9. The molecule has 1 spiro atoms. The lowest BCUT2D eigenvalue weighted by Gasteiger charge is -2.46. The zero-order valence-corrected chi connectivity index (χ0v) is 54.4. The van der Waals surface area contributed by atoms with Gasteiger partial charge in [0.25, 0.3) is 0 Å². The molecule has 1 fully saturated rings. The van der Waals surface area contributed by atoms with E-state index in [-0.39, 0.29) is 41.9 Å². The highest BCUT2D eigenvalue weighted by Gasteiger charge is 2.45. The van der Waals surface area contributed by atoms with Crippen LogP contribution in [-0.2, 0) is 52.5 Å². The van der Waals surface area contributed by atoms with E-state index < -0.39 is 64.1 Å². The Labute approximate surface area is 563 Å². The van der Waals surface area contributed by atoms with Gasteiger partial charge in [-0.25, -0.2) is 14.4 Å². The molecule has 520 valence electrons. The number of benzene rings is 6. The van der Waals surface area contributed by atoms with Crippen LogP contribution in [0.25, 0.3) is 16.7 Å². The molecule has 6 heterocycles. The third kappa shape index (κ3) is 15.5. The Morgan fingerprint density at radius 1 is 0.495 bits per heavy atom. The van der Waals surface area contributed by atoms with Crippen molar-refractivity contribution in [3.8, 4) is 17.2 Å². The van der Waals surface area contributed by atoms with E-state index in [0.717, 1.165) is 78.0 Å². The van der Waals surface area contributed by atoms with Crippen molar-refractivity contribution >= 4 is 86.7 Å². The smallest absolute Gasteiger partial charge is 0.416 e. The van der Waals surface area contributed by atoms with Crippen LogP contribution < -0.4 is 60.8 Å². The molecule has 0 radical (unpaired) electrons. The van der Waals surface area contributed by atoms with Gasteiger partial charge in [0.1, 0.15) is 28.5 Å². The Kier molecular flexibility index (Phi) is 19.6. The number of nitrogens with one attached hydrogen (secondary N) is 6. The first kappa shape index (κ1) is 69.9. The number of carbonyl (C=O) groups is 6. The number of carbonyl (C=O) groups excluding carboxylic acids is 6. The molecule has 9 amide bonds. The van der Waals surface area contributed by atoms with E-state index in [2.05, 4.69) is 31.9 Å². The monoisotopic (exact) mass is 1380 g/mol. The molecule has 1 aliphatic carbocycles. The van der Waals surface area contributed by atoms with Gasteiger partial charge in [0.15, 0.2) is 0 Å². The van der Waals surface area contributed by atoms with Crippen LogP contribution in [0.1, 0.15) is 129 Å². The normalized spacial score (nSPS) is 18.3. The molecule has 0 bridgehead atoms. The Morgan fingerprint density at radius 3 is 1.33 bits per heavy atom. The van der Waals surface area contributed by atoms with Crippen LogP contribution in [0, 0.1) is 0 Å². The molecule has 27 heteroatoms. The quantitative estimate of drug-likeness (QED) is 0.0599. The summed E-state index contributed by atoms with van der Waals surface area (Å²) in [6.45, 7) is 7.68. The molecule has 6 aliphatic heterocycles. The zero-order chi connectivity index (χ0) is 70.9. The molecule has 0 atom stereocenters. The third-order valence-corrected chi connectivity index (χ3v) is 18.5. The van der Waals surface area contributed by atoms with E-state index >= 15 is 0 Å². The maximum Gasteiger partial charge on any atom is 0.416 e. The zero-order valence-electron chi connectivity index (χ0n) is 54.4.